The minimum atomic E-state index is -0.361. The van der Waals surface area contributed by atoms with Gasteiger partial charge in [0, 0.05) is 32.4 Å². The van der Waals surface area contributed by atoms with E-state index in [0.29, 0.717) is 27.1 Å². The Kier molecular flexibility index (Phi) is 4.88. The lowest BCUT2D eigenvalue weighted by Crippen LogP contribution is -2.47. The third-order valence-corrected chi connectivity index (χ3v) is 5.54. The van der Waals surface area contributed by atoms with E-state index in [2.05, 4.69) is 30.1 Å². The summed E-state index contributed by atoms with van der Waals surface area (Å²) in [6, 6.07) is 11.9. The smallest absolute Gasteiger partial charge is 0.188 e. The summed E-state index contributed by atoms with van der Waals surface area (Å²) in [6.45, 7) is 2.93. The zero-order chi connectivity index (χ0) is 20.7. The summed E-state index contributed by atoms with van der Waals surface area (Å²) in [4.78, 5) is 8.64. The average Bonchev–Trinajstić information content (AvgIpc) is 3.17. The molecule has 152 valence electrons. The van der Waals surface area contributed by atoms with Crippen LogP contribution in [0.3, 0.4) is 0 Å². The lowest BCUT2D eigenvalue weighted by atomic mass is 10.2. The molecule has 4 heterocycles. The van der Waals surface area contributed by atoms with Gasteiger partial charge in [-0.25, -0.2) is 9.37 Å². The van der Waals surface area contributed by atoms with E-state index in [1.54, 1.807) is 35.0 Å². The molecule has 0 bridgehead atoms. The lowest BCUT2D eigenvalue weighted by molar-refractivity contribution is 0.627. The number of hydrogen-bond donors (Lipinski definition) is 0. The highest BCUT2D eigenvalue weighted by atomic mass is 35.5. The fourth-order valence-corrected chi connectivity index (χ4v) is 4.05. The van der Waals surface area contributed by atoms with Crippen LogP contribution in [-0.2, 0) is 0 Å². The van der Waals surface area contributed by atoms with Crippen LogP contribution in [-0.4, -0.2) is 51.0 Å². The Morgan fingerprint density at radius 2 is 1.67 bits per heavy atom. The van der Waals surface area contributed by atoms with Crippen molar-refractivity contribution < 1.29 is 4.39 Å². The van der Waals surface area contributed by atoms with Crippen LogP contribution in [0.5, 0.6) is 0 Å². The Morgan fingerprint density at radius 3 is 2.43 bits per heavy atom. The van der Waals surface area contributed by atoms with Crippen molar-refractivity contribution in [3.63, 3.8) is 0 Å². The molecule has 0 unspecified atom stereocenters. The van der Waals surface area contributed by atoms with Crippen molar-refractivity contribution in [1.82, 2.24) is 24.8 Å². The second kappa shape index (κ2) is 7.70. The maximum absolute atomic E-state index is 14.2. The first-order valence-corrected chi connectivity index (χ1v) is 10.1. The molecule has 1 aromatic carbocycles. The molecular formula is C20H16Cl2FN7. The van der Waals surface area contributed by atoms with Gasteiger partial charge in [0.05, 0.1) is 15.6 Å². The Balaban J connectivity index is 1.40. The second-order valence-electron chi connectivity index (χ2n) is 6.90. The van der Waals surface area contributed by atoms with Gasteiger partial charge in [-0.2, -0.15) is 4.52 Å². The van der Waals surface area contributed by atoms with Gasteiger partial charge in [-0.05, 0) is 30.3 Å². The van der Waals surface area contributed by atoms with Gasteiger partial charge in [0.2, 0.25) is 0 Å². The van der Waals surface area contributed by atoms with E-state index in [1.807, 2.05) is 12.1 Å². The first-order chi connectivity index (χ1) is 14.6. The molecule has 1 aliphatic rings. The number of pyridine rings is 1. The minimum absolute atomic E-state index is 0.361. The van der Waals surface area contributed by atoms with Crippen LogP contribution in [0.15, 0.2) is 48.7 Å². The van der Waals surface area contributed by atoms with E-state index < -0.39 is 0 Å². The van der Waals surface area contributed by atoms with Gasteiger partial charge >= 0.3 is 0 Å². The fourth-order valence-electron chi connectivity index (χ4n) is 3.55. The average molecular weight is 444 g/mol. The van der Waals surface area contributed by atoms with Gasteiger partial charge < -0.3 is 9.80 Å². The van der Waals surface area contributed by atoms with Gasteiger partial charge in [-0.3, -0.25) is 0 Å². The normalized spacial score (nSPS) is 14.5. The molecule has 7 nitrogen and oxygen atoms in total. The highest BCUT2D eigenvalue weighted by Crippen LogP contribution is 2.28. The standard InChI is InChI=1S/C20H16Cl2FN7/c21-13-11-15(22)20(24-12-13)29-9-7-28(8-10-29)18-6-5-17-25-26-19(30(17)27-18)14-3-1-2-4-16(14)23/h1-6,11-12H,7-10H2. The van der Waals surface area contributed by atoms with E-state index >= 15 is 0 Å². The van der Waals surface area contributed by atoms with Crippen molar-refractivity contribution in [2.24, 2.45) is 0 Å². The molecule has 0 N–H and O–H groups in total. The number of fused-ring (bicyclic) bond motifs is 1. The maximum Gasteiger partial charge on any atom is 0.188 e. The Morgan fingerprint density at radius 1 is 0.900 bits per heavy atom. The highest BCUT2D eigenvalue weighted by molar-refractivity contribution is 6.36. The number of benzene rings is 1. The van der Waals surface area contributed by atoms with Gasteiger partial charge in [0.15, 0.2) is 11.5 Å². The summed E-state index contributed by atoms with van der Waals surface area (Å²) in [5.74, 6) is 1.51. The highest BCUT2D eigenvalue weighted by Gasteiger charge is 2.22. The second-order valence-corrected chi connectivity index (χ2v) is 7.74. The van der Waals surface area contributed by atoms with Gasteiger partial charge in [-0.1, -0.05) is 35.3 Å². The van der Waals surface area contributed by atoms with Crippen molar-refractivity contribution in [3.8, 4) is 11.4 Å². The molecule has 0 atom stereocenters. The number of aromatic nitrogens is 5. The van der Waals surface area contributed by atoms with E-state index in [9.17, 15) is 4.39 Å². The van der Waals surface area contributed by atoms with Crippen molar-refractivity contribution in [2.45, 2.75) is 0 Å². The van der Waals surface area contributed by atoms with Crippen LogP contribution in [0.25, 0.3) is 17.0 Å². The summed E-state index contributed by atoms with van der Waals surface area (Å²) in [5.41, 5.74) is 0.927. The summed E-state index contributed by atoms with van der Waals surface area (Å²) in [5, 5.41) is 14.0. The van der Waals surface area contributed by atoms with Crippen LogP contribution < -0.4 is 9.80 Å². The van der Waals surface area contributed by atoms with E-state index in [0.717, 1.165) is 37.8 Å². The predicted molar refractivity (Wildman–Crippen MR) is 115 cm³/mol. The van der Waals surface area contributed by atoms with Gasteiger partial charge in [-0.15, -0.1) is 15.3 Å². The number of nitrogens with zero attached hydrogens (tertiary/aromatic N) is 7. The molecule has 0 radical (unpaired) electrons. The summed E-state index contributed by atoms with van der Waals surface area (Å²) >= 11 is 12.2. The zero-order valence-corrected chi connectivity index (χ0v) is 17.2. The summed E-state index contributed by atoms with van der Waals surface area (Å²) < 4.78 is 15.8. The van der Waals surface area contributed by atoms with Crippen molar-refractivity contribution >= 4 is 40.5 Å². The van der Waals surface area contributed by atoms with Crippen LogP contribution in [0.4, 0.5) is 16.0 Å². The first-order valence-electron chi connectivity index (χ1n) is 9.38. The first kappa shape index (κ1) is 19.0. The molecule has 0 amide bonds. The molecule has 10 heteroatoms. The SMILES string of the molecule is Fc1ccccc1-c1nnc2ccc(N3CCN(c4ncc(Cl)cc4Cl)CC3)nn12. The van der Waals surface area contributed by atoms with Crippen LogP contribution in [0.1, 0.15) is 0 Å². The molecule has 3 aromatic heterocycles. The molecule has 0 aliphatic carbocycles. The largest absolute Gasteiger partial charge is 0.352 e. The molecule has 1 aliphatic heterocycles. The molecule has 0 spiro atoms. The predicted octanol–water partition coefficient (Wildman–Crippen LogP) is 3.96. The third-order valence-electron chi connectivity index (χ3n) is 5.06. The Labute approximate surface area is 181 Å². The number of piperazine rings is 1. The van der Waals surface area contributed by atoms with Crippen LogP contribution >= 0.6 is 23.2 Å². The number of anilines is 2. The summed E-state index contributed by atoms with van der Waals surface area (Å²) in [6.07, 6.45) is 1.60. The molecule has 1 saturated heterocycles. The quantitative estimate of drug-likeness (QED) is 0.477. The number of halogens is 3. The minimum Gasteiger partial charge on any atom is -0.352 e. The Hall–Kier alpha value is -2.97. The van der Waals surface area contributed by atoms with E-state index in [1.165, 1.54) is 6.07 Å². The molecular weight excluding hydrogens is 428 g/mol. The zero-order valence-electron chi connectivity index (χ0n) is 15.7. The molecule has 4 aromatic rings. The summed E-state index contributed by atoms with van der Waals surface area (Å²) in [7, 11) is 0. The molecule has 0 saturated carbocycles. The maximum atomic E-state index is 14.2. The van der Waals surface area contributed by atoms with Gasteiger partial charge in [0.25, 0.3) is 0 Å². The van der Waals surface area contributed by atoms with Gasteiger partial charge in [0.1, 0.15) is 17.5 Å². The molecule has 5 rings (SSSR count). The molecule has 1 fully saturated rings. The number of hydrogen-bond acceptors (Lipinski definition) is 6. The van der Waals surface area contributed by atoms with Crippen molar-refractivity contribution in [2.75, 3.05) is 36.0 Å². The van der Waals surface area contributed by atoms with Crippen LogP contribution in [0, 0.1) is 5.82 Å². The topological polar surface area (TPSA) is 62.5 Å². The number of rotatable bonds is 3. The monoisotopic (exact) mass is 443 g/mol. The van der Waals surface area contributed by atoms with E-state index in [-0.39, 0.29) is 5.82 Å². The van der Waals surface area contributed by atoms with E-state index in [4.69, 9.17) is 23.2 Å². The van der Waals surface area contributed by atoms with Crippen molar-refractivity contribution in [3.05, 3.63) is 64.5 Å². The lowest BCUT2D eigenvalue weighted by Gasteiger charge is -2.36. The fraction of sp³-hybridized carbons (Fsp3) is 0.200. The molecule has 30 heavy (non-hydrogen) atoms. The Bertz CT molecular complexity index is 1220. The van der Waals surface area contributed by atoms with Crippen molar-refractivity contribution in [1.29, 1.82) is 0 Å². The van der Waals surface area contributed by atoms with Crippen LogP contribution in [0.2, 0.25) is 10.0 Å². The third kappa shape index (κ3) is 3.42.